The first-order valence-electron chi connectivity index (χ1n) is 8.93. The number of hydrogen-bond acceptors (Lipinski definition) is 9. The largest absolute Gasteiger partial charge is 0.493 e. The minimum Gasteiger partial charge on any atom is -0.493 e. The Kier molecular flexibility index (Phi) is 6.17. The fourth-order valence-electron chi connectivity index (χ4n) is 2.92. The van der Waals surface area contributed by atoms with E-state index in [1.54, 1.807) is 19.1 Å². The van der Waals surface area contributed by atoms with Gasteiger partial charge in [0.25, 0.3) is 5.22 Å². The third-order valence-corrected chi connectivity index (χ3v) is 5.49. The second-order valence-electron chi connectivity index (χ2n) is 6.71. The average Bonchev–Trinajstić information content (AvgIpc) is 3.50. The van der Waals surface area contributed by atoms with Crippen LogP contribution < -0.4 is 19.5 Å². The molecule has 1 amide bonds. The first-order chi connectivity index (χ1) is 13.9. The summed E-state index contributed by atoms with van der Waals surface area (Å²) in [6, 6.07) is 5.60. The van der Waals surface area contributed by atoms with Gasteiger partial charge in [-0.3, -0.25) is 4.79 Å². The van der Waals surface area contributed by atoms with E-state index < -0.39 is 5.54 Å². The van der Waals surface area contributed by atoms with Crippen molar-refractivity contribution in [2.75, 3.05) is 27.1 Å². The fraction of sp³-hybridized carbons (Fsp3) is 0.474. The van der Waals surface area contributed by atoms with Crippen LogP contribution in [0.1, 0.15) is 19.8 Å². The number of carbonyl (C=O) groups excluding carboxylic acids is 1. The van der Waals surface area contributed by atoms with Gasteiger partial charge in [0, 0.05) is 5.56 Å². The molecule has 3 rings (SSSR count). The second kappa shape index (κ2) is 8.61. The summed E-state index contributed by atoms with van der Waals surface area (Å²) in [4.78, 5) is 12.2. The Morgan fingerprint density at radius 1 is 1.28 bits per heavy atom. The van der Waals surface area contributed by atoms with Crippen LogP contribution in [0.25, 0.3) is 11.5 Å². The number of aromatic nitrogens is 2. The number of carbonyl (C=O) groups is 1. The molecule has 1 heterocycles. The Morgan fingerprint density at radius 2 is 1.93 bits per heavy atom. The maximum absolute atomic E-state index is 12.2. The molecular formula is C19H22N4O5S. The van der Waals surface area contributed by atoms with Crippen molar-refractivity contribution in [1.82, 2.24) is 15.5 Å². The minimum atomic E-state index is -0.826. The highest BCUT2D eigenvalue weighted by Crippen LogP contribution is 2.41. The molecule has 0 saturated heterocycles. The van der Waals surface area contributed by atoms with Crippen molar-refractivity contribution in [3.63, 3.8) is 0 Å². The van der Waals surface area contributed by atoms with Crippen molar-refractivity contribution < 1.29 is 23.4 Å². The lowest BCUT2D eigenvalue weighted by Gasteiger charge is -2.22. The molecule has 0 radical (unpaired) electrons. The molecule has 0 aliphatic heterocycles. The SMILES string of the molecule is COc1cc(-c2nnc(SCC(=O)N[C@@](C)(C#N)C3CC3)o2)cc(OC)c1OC. The van der Waals surface area contributed by atoms with E-state index in [1.807, 2.05) is 0 Å². The average molecular weight is 418 g/mol. The molecule has 1 atom stereocenters. The Bertz CT molecular complexity index is 912. The van der Waals surface area contributed by atoms with Gasteiger partial charge in [-0.2, -0.15) is 5.26 Å². The predicted octanol–water partition coefficient (Wildman–Crippen LogP) is 2.66. The van der Waals surface area contributed by atoms with Gasteiger partial charge < -0.3 is 23.9 Å². The van der Waals surface area contributed by atoms with Crippen molar-refractivity contribution in [3.8, 4) is 34.8 Å². The van der Waals surface area contributed by atoms with E-state index in [4.69, 9.17) is 18.6 Å². The van der Waals surface area contributed by atoms with Crippen molar-refractivity contribution >= 4 is 17.7 Å². The van der Waals surface area contributed by atoms with E-state index in [9.17, 15) is 10.1 Å². The molecule has 1 saturated carbocycles. The van der Waals surface area contributed by atoms with Crippen LogP contribution in [0.15, 0.2) is 21.8 Å². The lowest BCUT2D eigenvalue weighted by atomic mass is 9.98. The van der Waals surface area contributed by atoms with Crippen LogP contribution in [0.2, 0.25) is 0 Å². The van der Waals surface area contributed by atoms with Crippen molar-refractivity contribution in [2.24, 2.45) is 5.92 Å². The quantitative estimate of drug-likeness (QED) is 0.613. The molecule has 2 aromatic rings. The number of hydrogen-bond donors (Lipinski definition) is 1. The molecule has 10 heteroatoms. The molecule has 0 spiro atoms. The molecule has 1 aliphatic rings. The monoisotopic (exact) mass is 418 g/mol. The van der Waals surface area contributed by atoms with E-state index in [0.717, 1.165) is 24.6 Å². The number of amides is 1. The van der Waals surface area contributed by atoms with Crippen LogP contribution in [0.5, 0.6) is 17.2 Å². The standard InChI is InChI=1S/C19H22N4O5S/c1-19(10-20,12-5-6-12)21-15(24)9-29-18-23-22-17(28-18)11-7-13(25-2)16(27-4)14(8-11)26-3/h7-8,12H,5-6,9H2,1-4H3,(H,21,24)/t19-/m0/s1. The Hall–Kier alpha value is -2.93. The van der Waals surface area contributed by atoms with E-state index in [0.29, 0.717) is 22.8 Å². The van der Waals surface area contributed by atoms with Crippen LogP contribution in [-0.4, -0.2) is 48.7 Å². The number of rotatable bonds is 9. The van der Waals surface area contributed by atoms with Crippen LogP contribution in [0, 0.1) is 17.2 Å². The Labute approximate surface area is 172 Å². The third-order valence-electron chi connectivity index (χ3n) is 4.67. The molecule has 1 aromatic carbocycles. The Balaban J connectivity index is 1.68. The molecule has 1 fully saturated rings. The molecule has 1 N–H and O–H groups in total. The number of nitriles is 1. The van der Waals surface area contributed by atoms with Gasteiger partial charge in [-0.25, -0.2) is 0 Å². The summed E-state index contributed by atoms with van der Waals surface area (Å²) in [6.45, 7) is 1.75. The highest BCUT2D eigenvalue weighted by molar-refractivity contribution is 7.99. The molecule has 0 bridgehead atoms. The van der Waals surface area contributed by atoms with Gasteiger partial charge in [0.15, 0.2) is 11.5 Å². The zero-order chi connectivity index (χ0) is 21.0. The summed E-state index contributed by atoms with van der Waals surface area (Å²) in [6.07, 6.45) is 1.92. The summed E-state index contributed by atoms with van der Waals surface area (Å²) >= 11 is 1.11. The van der Waals surface area contributed by atoms with Crippen LogP contribution >= 0.6 is 11.8 Å². The molecule has 0 unspecified atom stereocenters. The van der Waals surface area contributed by atoms with Crippen LogP contribution in [0.4, 0.5) is 0 Å². The number of methoxy groups -OCH3 is 3. The van der Waals surface area contributed by atoms with Gasteiger partial charge >= 0.3 is 0 Å². The fourth-order valence-corrected chi connectivity index (χ4v) is 3.49. The molecule has 29 heavy (non-hydrogen) atoms. The highest BCUT2D eigenvalue weighted by Gasteiger charge is 2.43. The number of thioether (sulfide) groups is 1. The van der Waals surface area contributed by atoms with E-state index >= 15 is 0 Å². The lowest BCUT2D eigenvalue weighted by Crippen LogP contribution is -2.47. The molecular weight excluding hydrogens is 396 g/mol. The lowest BCUT2D eigenvalue weighted by molar-refractivity contribution is -0.119. The predicted molar refractivity (Wildman–Crippen MR) is 105 cm³/mol. The van der Waals surface area contributed by atoms with E-state index in [2.05, 4.69) is 21.6 Å². The summed E-state index contributed by atoms with van der Waals surface area (Å²) in [5.74, 6) is 1.68. The summed E-state index contributed by atoms with van der Waals surface area (Å²) in [5.41, 5.74) is -0.234. The maximum atomic E-state index is 12.2. The van der Waals surface area contributed by atoms with Gasteiger partial charge in [0.05, 0.1) is 33.2 Å². The third kappa shape index (κ3) is 4.56. The number of ether oxygens (including phenoxy) is 3. The summed E-state index contributed by atoms with van der Waals surface area (Å²) in [5, 5.41) is 20.4. The number of benzene rings is 1. The topological polar surface area (TPSA) is 120 Å². The highest BCUT2D eigenvalue weighted by atomic mass is 32.2. The number of nitrogens with zero attached hydrogens (tertiary/aromatic N) is 3. The van der Waals surface area contributed by atoms with Gasteiger partial charge in [-0.05, 0) is 37.8 Å². The van der Waals surface area contributed by atoms with Gasteiger partial charge in [-0.1, -0.05) is 11.8 Å². The minimum absolute atomic E-state index is 0.0703. The maximum Gasteiger partial charge on any atom is 0.277 e. The van der Waals surface area contributed by atoms with E-state index in [-0.39, 0.29) is 28.7 Å². The molecule has 154 valence electrons. The first kappa shape index (κ1) is 20.8. The summed E-state index contributed by atoms with van der Waals surface area (Å²) in [7, 11) is 4.56. The zero-order valence-corrected chi connectivity index (χ0v) is 17.5. The Morgan fingerprint density at radius 3 is 2.45 bits per heavy atom. The van der Waals surface area contributed by atoms with Crippen LogP contribution in [-0.2, 0) is 4.79 Å². The number of nitrogens with one attached hydrogen (secondary N) is 1. The normalized spacial score (nSPS) is 15.1. The smallest absolute Gasteiger partial charge is 0.277 e. The van der Waals surface area contributed by atoms with Gasteiger partial charge in [0.1, 0.15) is 5.54 Å². The van der Waals surface area contributed by atoms with Crippen LogP contribution in [0.3, 0.4) is 0 Å². The van der Waals surface area contributed by atoms with Gasteiger partial charge in [-0.15, -0.1) is 10.2 Å². The van der Waals surface area contributed by atoms with Crippen molar-refractivity contribution in [2.45, 2.75) is 30.5 Å². The molecule has 1 aliphatic carbocycles. The summed E-state index contributed by atoms with van der Waals surface area (Å²) < 4.78 is 21.6. The van der Waals surface area contributed by atoms with Crippen molar-refractivity contribution in [3.05, 3.63) is 12.1 Å². The molecule has 1 aromatic heterocycles. The second-order valence-corrected chi connectivity index (χ2v) is 7.64. The van der Waals surface area contributed by atoms with E-state index in [1.165, 1.54) is 21.3 Å². The van der Waals surface area contributed by atoms with Gasteiger partial charge in [0.2, 0.25) is 17.5 Å². The molecule has 9 nitrogen and oxygen atoms in total. The first-order valence-corrected chi connectivity index (χ1v) is 9.91. The van der Waals surface area contributed by atoms with Crippen molar-refractivity contribution in [1.29, 1.82) is 5.26 Å². The zero-order valence-electron chi connectivity index (χ0n) is 16.6.